The molecule has 6 heteroatoms. The van der Waals surface area contributed by atoms with E-state index >= 15 is 0 Å². The van der Waals surface area contributed by atoms with Gasteiger partial charge in [0, 0.05) is 23.2 Å². The number of hydrogen-bond donors (Lipinski definition) is 2. The van der Waals surface area contributed by atoms with Crippen LogP contribution in [0.1, 0.15) is 42.5 Å². The van der Waals surface area contributed by atoms with Crippen LogP contribution in [0.2, 0.25) is 5.02 Å². The number of H-pyrrole nitrogens is 1. The van der Waals surface area contributed by atoms with Gasteiger partial charge in [0.15, 0.2) is 0 Å². The van der Waals surface area contributed by atoms with Gasteiger partial charge in [-0.15, -0.1) is 0 Å². The SMILES string of the molecule is C=Cc1c(C=NC2CCC(CN)(c3cccc(Cl)c3)CC2)nc[nH]c1=O. The Labute approximate surface area is 158 Å². The fourth-order valence-electron chi connectivity index (χ4n) is 3.63. The van der Waals surface area contributed by atoms with E-state index in [4.69, 9.17) is 17.3 Å². The predicted molar refractivity (Wildman–Crippen MR) is 107 cm³/mol. The summed E-state index contributed by atoms with van der Waals surface area (Å²) >= 11 is 6.16. The molecule has 1 heterocycles. The topological polar surface area (TPSA) is 84.1 Å². The molecule has 1 aliphatic rings. The Kier molecular flexibility index (Phi) is 5.69. The highest BCUT2D eigenvalue weighted by Crippen LogP contribution is 2.40. The van der Waals surface area contributed by atoms with Crippen molar-refractivity contribution >= 4 is 23.9 Å². The summed E-state index contributed by atoms with van der Waals surface area (Å²) in [5.74, 6) is 0. The van der Waals surface area contributed by atoms with E-state index in [-0.39, 0.29) is 17.0 Å². The van der Waals surface area contributed by atoms with Crippen molar-refractivity contribution < 1.29 is 0 Å². The molecule has 0 bridgehead atoms. The number of aromatic nitrogens is 2. The lowest BCUT2D eigenvalue weighted by Crippen LogP contribution is -2.39. The Morgan fingerprint density at radius 1 is 1.42 bits per heavy atom. The van der Waals surface area contributed by atoms with Gasteiger partial charge in [-0.05, 0) is 43.4 Å². The van der Waals surface area contributed by atoms with E-state index in [1.807, 2.05) is 18.2 Å². The average Bonchev–Trinajstić information content (AvgIpc) is 2.67. The number of halogens is 1. The average molecular weight is 371 g/mol. The largest absolute Gasteiger partial charge is 0.330 e. The van der Waals surface area contributed by atoms with Crippen molar-refractivity contribution in [3.05, 3.63) is 69.4 Å². The van der Waals surface area contributed by atoms with Gasteiger partial charge in [-0.3, -0.25) is 9.79 Å². The van der Waals surface area contributed by atoms with Crippen LogP contribution in [0.5, 0.6) is 0 Å². The molecule has 1 aliphatic carbocycles. The van der Waals surface area contributed by atoms with Crippen LogP contribution in [-0.2, 0) is 5.41 Å². The maximum absolute atomic E-state index is 11.8. The first kappa shape index (κ1) is 18.5. The fraction of sp³-hybridized carbons (Fsp3) is 0.350. The molecule has 3 rings (SSSR count). The lowest BCUT2D eigenvalue weighted by atomic mass is 9.68. The number of aliphatic imine (C=N–C) groups is 1. The molecule has 0 radical (unpaired) electrons. The second-order valence-electron chi connectivity index (χ2n) is 6.74. The van der Waals surface area contributed by atoms with Crippen LogP contribution in [0.15, 0.2) is 47.0 Å². The van der Waals surface area contributed by atoms with E-state index in [9.17, 15) is 4.79 Å². The highest BCUT2D eigenvalue weighted by Gasteiger charge is 2.35. The zero-order valence-electron chi connectivity index (χ0n) is 14.6. The van der Waals surface area contributed by atoms with E-state index in [1.165, 1.54) is 18.0 Å². The van der Waals surface area contributed by atoms with Gasteiger partial charge in [-0.25, -0.2) is 4.98 Å². The monoisotopic (exact) mass is 370 g/mol. The second kappa shape index (κ2) is 7.98. The highest BCUT2D eigenvalue weighted by atomic mass is 35.5. The van der Waals surface area contributed by atoms with E-state index in [0.29, 0.717) is 17.8 Å². The van der Waals surface area contributed by atoms with Crippen LogP contribution in [0, 0.1) is 0 Å². The lowest BCUT2D eigenvalue weighted by molar-refractivity contribution is 0.278. The van der Waals surface area contributed by atoms with Gasteiger partial charge in [0.2, 0.25) is 0 Å². The molecule has 136 valence electrons. The molecular formula is C20H23ClN4O. The van der Waals surface area contributed by atoms with Crippen molar-refractivity contribution in [3.8, 4) is 0 Å². The minimum atomic E-state index is -0.205. The van der Waals surface area contributed by atoms with Gasteiger partial charge in [0.05, 0.1) is 23.6 Å². The minimum absolute atomic E-state index is 0.0364. The molecule has 1 fully saturated rings. The maximum atomic E-state index is 11.8. The Balaban J connectivity index is 1.73. The number of nitrogens with one attached hydrogen (secondary N) is 1. The van der Waals surface area contributed by atoms with Crippen molar-refractivity contribution in [2.45, 2.75) is 37.1 Å². The van der Waals surface area contributed by atoms with Crippen LogP contribution < -0.4 is 11.3 Å². The lowest BCUT2D eigenvalue weighted by Gasteiger charge is -2.39. The van der Waals surface area contributed by atoms with Gasteiger partial charge >= 0.3 is 0 Å². The first-order valence-corrected chi connectivity index (χ1v) is 9.15. The van der Waals surface area contributed by atoms with E-state index < -0.39 is 0 Å². The van der Waals surface area contributed by atoms with Crippen LogP contribution in [0.4, 0.5) is 0 Å². The van der Waals surface area contributed by atoms with E-state index in [0.717, 1.165) is 30.7 Å². The Hall–Kier alpha value is -2.24. The molecule has 26 heavy (non-hydrogen) atoms. The zero-order valence-corrected chi connectivity index (χ0v) is 15.4. The molecule has 0 atom stereocenters. The Morgan fingerprint density at radius 3 is 2.85 bits per heavy atom. The van der Waals surface area contributed by atoms with E-state index in [1.54, 1.807) is 6.21 Å². The summed E-state index contributed by atoms with van der Waals surface area (Å²) in [6, 6.07) is 8.20. The quantitative estimate of drug-likeness (QED) is 0.792. The third kappa shape index (κ3) is 3.79. The molecule has 1 aromatic heterocycles. The maximum Gasteiger partial charge on any atom is 0.258 e. The minimum Gasteiger partial charge on any atom is -0.330 e. The highest BCUT2D eigenvalue weighted by molar-refractivity contribution is 6.30. The summed E-state index contributed by atoms with van der Waals surface area (Å²) in [7, 11) is 0. The summed E-state index contributed by atoms with van der Waals surface area (Å²) in [5, 5.41) is 0.743. The van der Waals surface area contributed by atoms with Crippen LogP contribution in [0.25, 0.3) is 6.08 Å². The number of benzene rings is 1. The second-order valence-corrected chi connectivity index (χ2v) is 7.18. The summed E-state index contributed by atoms with van der Waals surface area (Å²) in [6.07, 6.45) is 8.38. The summed E-state index contributed by atoms with van der Waals surface area (Å²) in [6.45, 7) is 4.27. The molecule has 3 N–H and O–H groups in total. The number of hydrogen-bond acceptors (Lipinski definition) is 4. The molecule has 5 nitrogen and oxygen atoms in total. The fourth-order valence-corrected chi connectivity index (χ4v) is 3.82. The molecule has 0 spiro atoms. The third-order valence-electron chi connectivity index (χ3n) is 5.27. The predicted octanol–water partition coefficient (Wildman–Crippen LogP) is 3.32. The number of nitrogens with two attached hydrogens (primary N) is 1. The van der Waals surface area contributed by atoms with Crippen molar-refractivity contribution in [3.63, 3.8) is 0 Å². The molecular weight excluding hydrogens is 348 g/mol. The first-order chi connectivity index (χ1) is 12.6. The van der Waals surface area contributed by atoms with Crippen LogP contribution in [-0.4, -0.2) is 28.8 Å². The summed E-state index contributed by atoms with van der Waals surface area (Å²) < 4.78 is 0. The molecule has 0 unspecified atom stereocenters. The first-order valence-electron chi connectivity index (χ1n) is 8.77. The molecule has 2 aromatic rings. The number of nitrogens with zero attached hydrogens (tertiary/aromatic N) is 2. The number of aromatic amines is 1. The Morgan fingerprint density at radius 2 is 2.19 bits per heavy atom. The molecule has 0 amide bonds. The molecule has 1 saturated carbocycles. The molecule has 0 aliphatic heterocycles. The van der Waals surface area contributed by atoms with Gasteiger partial charge in [0.25, 0.3) is 5.56 Å². The van der Waals surface area contributed by atoms with Crippen molar-refractivity contribution in [2.75, 3.05) is 6.54 Å². The summed E-state index contributed by atoms with van der Waals surface area (Å²) in [5.41, 5.74) is 8.11. The zero-order chi connectivity index (χ0) is 18.6. The number of rotatable bonds is 5. The third-order valence-corrected chi connectivity index (χ3v) is 5.51. The van der Waals surface area contributed by atoms with Gasteiger partial charge < -0.3 is 10.7 Å². The standard InChI is InChI=1S/C20H23ClN4O/c1-2-17-18(24-13-25-19(17)26)11-23-16-6-8-20(12-22,9-7-16)14-4-3-5-15(21)10-14/h2-5,10-11,13,16H,1,6-9,12,22H2,(H,24,25,26). The summed E-state index contributed by atoms with van der Waals surface area (Å²) in [4.78, 5) is 23.2. The van der Waals surface area contributed by atoms with Crippen LogP contribution in [0.3, 0.4) is 0 Å². The van der Waals surface area contributed by atoms with Gasteiger partial charge in [-0.1, -0.05) is 36.4 Å². The van der Waals surface area contributed by atoms with E-state index in [2.05, 4.69) is 27.6 Å². The van der Waals surface area contributed by atoms with Crippen molar-refractivity contribution in [1.29, 1.82) is 0 Å². The smallest absolute Gasteiger partial charge is 0.258 e. The van der Waals surface area contributed by atoms with Gasteiger partial charge in [-0.2, -0.15) is 0 Å². The van der Waals surface area contributed by atoms with Gasteiger partial charge in [0.1, 0.15) is 0 Å². The molecule has 1 aromatic carbocycles. The van der Waals surface area contributed by atoms with Crippen LogP contribution >= 0.6 is 11.6 Å². The van der Waals surface area contributed by atoms with Crippen molar-refractivity contribution in [2.24, 2.45) is 10.7 Å². The Bertz CT molecular complexity index is 866. The molecule has 0 saturated heterocycles. The normalized spacial score (nSPS) is 23.2. The van der Waals surface area contributed by atoms with Crippen molar-refractivity contribution in [1.82, 2.24) is 9.97 Å².